The van der Waals surface area contributed by atoms with Crippen LogP contribution in [0.5, 0.6) is 5.88 Å². The number of benzene rings is 1. The molecule has 0 radical (unpaired) electrons. The number of pyridine rings is 2. The maximum atomic E-state index is 13.1. The molecule has 8 nitrogen and oxygen atoms in total. The number of likely N-dealkylation sites (tertiary alicyclic amines) is 1. The molecule has 0 aliphatic carbocycles. The number of carbonyl (C=O) groups excluding carboxylic acids is 1. The third-order valence-corrected chi connectivity index (χ3v) is 6.57. The van der Waals surface area contributed by atoms with Crippen molar-refractivity contribution in [1.82, 2.24) is 29.9 Å². The van der Waals surface area contributed by atoms with Gasteiger partial charge in [-0.15, -0.1) is 5.10 Å². The molecule has 8 heteroatoms. The van der Waals surface area contributed by atoms with Crippen molar-refractivity contribution in [2.75, 3.05) is 13.1 Å². The van der Waals surface area contributed by atoms with Gasteiger partial charge in [0.05, 0.1) is 12.6 Å². The number of hydrogen-bond acceptors (Lipinski definition) is 7. The average molecular weight is 471 g/mol. The highest BCUT2D eigenvalue weighted by Crippen LogP contribution is 2.24. The summed E-state index contributed by atoms with van der Waals surface area (Å²) in [5, 5.41) is 10.2. The number of Topliss-reactive ketones (excluding diaryl/α,β-unsaturated/α-hetero) is 1. The molecule has 1 saturated heterocycles. The molecular weight excluding hydrogens is 440 g/mol. The van der Waals surface area contributed by atoms with Crippen LogP contribution in [-0.4, -0.2) is 60.9 Å². The van der Waals surface area contributed by atoms with Crippen LogP contribution in [-0.2, 0) is 13.5 Å². The molecule has 0 spiro atoms. The number of piperidine rings is 1. The third kappa shape index (κ3) is 5.38. The van der Waals surface area contributed by atoms with E-state index < -0.39 is 0 Å². The predicted molar refractivity (Wildman–Crippen MR) is 134 cm³/mol. The summed E-state index contributed by atoms with van der Waals surface area (Å²) in [4.78, 5) is 24.4. The number of fused-ring (bicyclic) bond motifs is 1. The number of ketones is 1. The molecule has 0 amide bonds. The van der Waals surface area contributed by atoms with Gasteiger partial charge in [-0.2, -0.15) is 0 Å². The van der Waals surface area contributed by atoms with Crippen LogP contribution in [0.1, 0.15) is 42.7 Å². The third-order valence-electron chi connectivity index (χ3n) is 6.57. The summed E-state index contributed by atoms with van der Waals surface area (Å²) in [6.45, 7) is 6.48. The second-order valence-electron chi connectivity index (χ2n) is 9.44. The Hall–Kier alpha value is -3.65. The van der Waals surface area contributed by atoms with Gasteiger partial charge in [0.1, 0.15) is 11.8 Å². The zero-order valence-corrected chi connectivity index (χ0v) is 20.4. The van der Waals surface area contributed by atoms with E-state index in [1.807, 2.05) is 37.6 Å². The molecule has 1 aliphatic rings. The van der Waals surface area contributed by atoms with Crippen molar-refractivity contribution in [3.05, 3.63) is 66.2 Å². The Kier molecular flexibility index (Phi) is 6.55. The van der Waals surface area contributed by atoms with Crippen molar-refractivity contribution in [3.8, 4) is 17.1 Å². The Bertz CT molecular complexity index is 1340. The minimum absolute atomic E-state index is 0.0104. The van der Waals surface area contributed by atoms with Gasteiger partial charge in [0.15, 0.2) is 5.78 Å². The Morgan fingerprint density at radius 1 is 1.09 bits per heavy atom. The van der Waals surface area contributed by atoms with Crippen molar-refractivity contribution in [2.45, 2.75) is 45.3 Å². The van der Waals surface area contributed by atoms with Crippen LogP contribution >= 0.6 is 0 Å². The summed E-state index contributed by atoms with van der Waals surface area (Å²) >= 11 is 0. The second-order valence-corrected chi connectivity index (χ2v) is 9.44. The number of aromatic nitrogens is 5. The molecule has 1 aromatic carbocycles. The maximum Gasteiger partial charge on any atom is 0.214 e. The molecule has 1 fully saturated rings. The molecule has 0 saturated carbocycles. The highest BCUT2D eigenvalue weighted by molar-refractivity contribution is 5.98. The first-order valence-corrected chi connectivity index (χ1v) is 12.1. The van der Waals surface area contributed by atoms with Crippen molar-refractivity contribution < 1.29 is 9.53 Å². The SMILES string of the molecule is CC(C)N1CCC(Oc2cc(C(=O)Cc3cc4cc(-c5cn(C)nn5)ccc4cn3)ccn2)CC1. The summed E-state index contributed by atoms with van der Waals surface area (Å²) in [7, 11) is 1.84. The van der Waals surface area contributed by atoms with Crippen molar-refractivity contribution in [2.24, 2.45) is 7.05 Å². The molecular formula is C27H30N6O2. The van der Waals surface area contributed by atoms with Gasteiger partial charge in [0.2, 0.25) is 5.88 Å². The van der Waals surface area contributed by atoms with Crippen LogP contribution in [0.15, 0.2) is 55.0 Å². The number of aryl methyl sites for hydroxylation is 1. The molecule has 0 unspecified atom stereocenters. The molecule has 4 aromatic rings. The largest absolute Gasteiger partial charge is 0.474 e. The molecule has 0 bridgehead atoms. The Balaban J connectivity index is 1.27. The van der Waals surface area contributed by atoms with E-state index in [1.165, 1.54) is 0 Å². The average Bonchev–Trinajstić information content (AvgIpc) is 3.30. The van der Waals surface area contributed by atoms with Crippen LogP contribution in [0, 0.1) is 0 Å². The number of ether oxygens (including phenoxy) is 1. The van der Waals surface area contributed by atoms with E-state index in [2.05, 4.69) is 45.1 Å². The van der Waals surface area contributed by atoms with E-state index in [4.69, 9.17) is 4.74 Å². The van der Waals surface area contributed by atoms with Crippen LogP contribution in [0.3, 0.4) is 0 Å². The van der Waals surface area contributed by atoms with Gasteiger partial charge < -0.3 is 9.64 Å². The fraction of sp³-hybridized carbons (Fsp3) is 0.370. The summed E-state index contributed by atoms with van der Waals surface area (Å²) in [5.41, 5.74) is 3.09. The van der Waals surface area contributed by atoms with Crippen molar-refractivity contribution >= 4 is 16.6 Å². The lowest BCUT2D eigenvalue weighted by molar-refractivity contribution is 0.0809. The van der Waals surface area contributed by atoms with Gasteiger partial charge in [-0.05, 0) is 50.3 Å². The Morgan fingerprint density at radius 2 is 1.91 bits per heavy atom. The van der Waals surface area contributed by atoms with E-state index in [1.54, 1.807) is 23.0 Å². The molecule has 5 rings (SSSR count). The van der Waals surface area contributed by atoms with Gasteiger partial charge in [0.25, 0.3) is 0 Å². The van der Waals surface area contributed by atoms with Crippen molar-refractivity contribution in [3.63, 3.8) is 0 Å². The van der Waals surface area contributed by atoms with Gasteiger partial charge >= 0.3 is 0 Å². The summed E-state index contributed by atoms with van der Waals surface area (Å²) in [5.74, 6) is 0.503. The van der Waals surface area contributed by atoms with E-state index in [-0.39, 0.29) is 18.3 Å². The van der Waals surface area contributed by atoms with Crippen molar-refractivity contribution in [1.29, 1.82) is 0 Å². The van der Waals surface area contributed by atoms with Gasteiger partial charge in [0, 0.05) is 66.8 Å². The smallest absolute Gasteiger partial charge is 0.214 e. The van der Waals surface area contributed by atoms with Crippen LogP contribution < -0.4 is 4.74 Å². The molecule has 0 N–H and O–H groups in total. The van der Waals surface area contributed by atoms with Crippen LogP contribution in [0.4, 0.5) is 0 Å². The van der Waals surface area contributed by atoms with Crippen LogP contribution in [0.2, 0.25) is 0 Å². The molecule has 1 aliphatic heterocycles. The number of rotatable bonds is 7. The standard InChI is InChI=1S/C27H30N6O2/c1-18(2)33-10-7-24(8-11-33)35-27-14-20(6-9-28-27)26(34)15-23-13-22-12-19(4-5-21(22)16-29-23)25-17-32(3)31-30-25/h4-6,9,12-14,16-18,24H,7-8,10-11,15H2,1-3H3. The molecule has 0 atom stereocenters. The summed E-state index contributed by atoms with van der Waals surface area (Å²) < 4.78 is 7.80. The lowest BCUT2D eigenvalue weighted by Crippen LogP contribution is -2.41. The molecule has 180 valence electrons. The second kappa shape index (κ2) is 9.92. The van der Waals surface area contributed by atoms with E-state index in [0.29, 0.717) is 17.5 Å². The van der Waals surface area contributed by atoms with Gasteiger partial charge in [-0.25, -0.2) is 4.98 Å². The first-order chi connectivity index (χ1) is 16.9. The highest BCUT2D eigenvalue weighted by Gasteiger charge is 2.22. The molecule has 35 heavy (non-hydrogen) atoms. The minimum Gasteiger partial charge on any atom is -0.474 e. The zero-order chi connectivity index (χ0) is 24.4. The number of hydrogen-bond donors (Lipinski definition) is 0. The molecule has 3 aromatic heterocycles. The van der Waals surface area contributed by atoms with Crippen LogP contribution in [0.25, 0.3) is 22.0 Å². The lowest BCUT2D eigenvalue weighted by atomic mass is 10.0. The maximum absolute atomic E-state index is 13.1. The number of nitrogens with zero attached hydrogens (tertiary/aromatic N) is 6. The fourth-order valence-electron chi connectivity index (χ4n) is 4.52. The molecule has 4 heterocycles. The van der Waals surface area contributed by atoms with Gasteiger partial charge in [-0.3, -0.25) is 14.5 Å². The van der Waals surface area contributed by atoms with E-state index in [0.717, 1.165) is 53.7 Å². The topological polar surface area (TPSA) is 86.0 Å². The first-order valence-electron chi connectivity index (χ1n) is 12.1. The normalized spacial score (nSPS) is 15.1. The summed E-state index contributed by atoms with van der Waals surface area (Å²) in [6, 6.07) is 12.1. The fourth-order valence-corrected chi connectivity index (χ4v) is 4.52. The summed E-state index contributed by atoms with van der Waals surface area (Å²) in [6.07, 6.45) is 7.61. The quantitative estimate of drug-likeness (QED) is 0.376. The van der Waals surface area contributed by atoms with E-state index in [9.17, 15) is 4.79 Å². The predicted octanol–water partition coefficient (Wildman–Crippen LogP) is 4.10. The number of carbonyl (C=O) groups is 1. The lowest BCUT2D eigenvalue weighted by Gasteiger charge is -2.34. The Labute approximate surface area is 205 Å². The first kappa shape index (κ1) is 23.1. The highest BCUT2D eigenvalue weighted by atomic mass is 16.5. The monoisotopic (exact) mass is 470 g/mol. The Morgan fingerprint density at radius 3 is 2.66 bits per heavy atom. The minimum atomic E-state index is -0.0104. The van der Waals surface area contributed by atoms with E-state index >= 15 is 0 Å². The zero-order valence-electron chi connectivity index (χ0n) is 20.4. The van der Waals surface area contributed by atoms with Gasteiger partial charge in [-0.1, -0.05) is 17.3 Å².